The smallest absolute Gasteiger partial charge is 0.245 e. The zero-order valence-corrected chi connectivity index (χ0v) is 5.76. The summed E-state index contributed by atoms with van der Waals surface area (Å²) in [6.45, 7) is 1.37. The van der Waals surface area contributed by atoms with Crippen molar-refractivity contribution in [1.82, 2.24) is 10.6 Å². The van der Waals surface area contributed by atoms with Gasteiger partial charge in [-0.3, -0.25) is 4.79 Å². The van der Waals surface area contributed by atoms with E-state index in [1.165, 1.54) is 0 Å². The minimum absolute atomic E-state index is 0.222. The average molecular weight is 144 g/mol. The first-order chi connectivity index (χ1) is 4.83. The Labute approximate surface area is 59.6 Å². The number of aliphatic hydroxyl groups is 1. The Kier molecular flexibility index (Phi) is 2.65. The van der Waals surface area contributed by atoms with Gasteiger partial charge in [0.1, 0.15) is 6.61 Å². The Morgan fingerprint density at radius 3 is 3.10 bits per heavy atom. The van der Waals surface area contributed by atoms with E-state index >= 15 is 0 Å². The molecule has 0 saturated carbocycles. The van der Waals surface area contributed by atoms with Crippen molar-refractivity contribution in [3.05, 3.63) is 0 Å². The molecule has 58 valence electrons. The maximum Gasteiger partial charge on any atom is 0.245 e. The molecule has 1 atom stereocenters. The van der Waals surface area contributed by atoms with Gasteiger partial charge in [0, 0.05) is 12.6 Å². The van der Waals surface area contributed by atoms with E-state index in [2.05, 4.69) is 10.6 Å². The Hall–Kier alpha value is -0.610. The monoisotopic (exact) mass is 144 g/mol. The molecule has 0 unspecified atom stereocenters. The molecule has 1 aliphatic heterocycles. The summed E-state index contributed by atoms with van der Waals surface area (Å²) in [7, 11) is 0. The van der Waals surface area contributed by atoms with Crippen molar-refractivity contribution in [1.29, 1.82) is 0 Å². The van der Waals surface area contributed by atoms with Gasteiger partial charge in [-0.2, -0.15) is 0 Å². The Morgan fingerprint density at radius 2 is 2.60 bits per heavy atom. The fourth-order valence-electron chi connectivity index (χ4n) is 1.05. The van der Waals surface area contributed by atoms with Crippen molar-refractivity contribution in [2.75, 3.05) is 19.7 Å². The third kappa shape index (κ3) is 1.97. The highest BCUT2D eigenvalue weighted by Gasteiger charge is 2.15. The molecule has 0 aliphatic carbocycles. The number of rotatable bonds is 2. The summed E-state index contributed by atoms with van der Waals surface area (Å²) in [5, 5.41) is 14.1. The minimum Gasteiger partial charge on any atom is -0.387 e. The molecule has 1 amide bonds. The summed E-state index contributed by atoms with van der Waals surface area (Å²) < 4.78 is 0. The predicted octanol–water partition coefficient (Wildman–Crippen LogP) is -1.54. The van der Waals surface area contributed by atoms with Crippen molar-refractivity contribution in [3.63, 3.8) is 0 Å². The molecule has 0 bridgehead atoms. The standard InChI is InChI=1S/C6H12N2O2/c9-4-6(10)8-5-1-2-7-3-5/h5,7,9H,1-4H2,(H,8,10)/t5-/m1/s1. The number of carbonyl (C=O) groups excluding carboxylic acids is 1. The molecule has 4 heteroatoms. The van der Waals surface area contributed by atoms with Crippen LogP contribution in [0.3, 0.4) is 0 Å². The molecule has 1 fully saturated rings. The molecule has 0 aromatic heterocycles. The number of carbonyl (C=O) groups is 1. The van der Waals surface area contributed by atoms with Crippen LogP contribution in [0.4, 0.5) is 0 Å². The van der Waals surface area contributed by atoms with Crippen LogP contribution < -0.4 is 10.6 Å². The second-order valence-electron chi connectivity index (χ2n) is 2.42. The first-order valence-corrected chi connectivity index (χ1v) is 3.44. The van der Waals surface area contributed by atoms with E-state index < -0.39 is 6.61 Å². The van der Waals surface area contributed by atoms with E-state index in [0.717, 1.165) is 19.5 Å². The van der Waals surface area contributed by atoms with Gasteiger partial charge >= 0.3 is 0 Å². The zero-order chi connectivity index (χ0) is 7.40. The quantitative estimate of drug-likeness (QED) is 0.440. The van der Waals surface area contributed by atoms with Crippen molar-refractivity contribution in [2.24, 2.45) is 0 Å². The maximum atomic E-state index is 10.6. The summed E-state index contributed by atoms with van der Waals surface area (Å²) in [4.78, 5) is 10.6. The van der Waals surface area contributed by atoms with Crippen molar-refractivity contribution in [3.8, 4) is 0 Å². The van der Waals surface area contributed by atoms with Gasteiger partial charge in [0.25, 0.3) is 0 Å². The molecule has 10 heavy (non-hydrogen) atoms. The Morgan fingerprint density at radius 1 is 1.80 bits per heavy atom. The van der Waals surface area contributed by atoms with Gasteiger partial charge in [-0.1, -0.05) is 0 Å². The van der Waals surface area contributed by atoms with Crippen LogP contribution in [-0.2, 0) is 4.79 Å². The lowest BCUT2D eigenvalue weighted by atomic mass is 10.2. The Balaban J connectivity index is 2.17. The Bertz CT molecular complexity index is 121. The molecule has 1 rings (SSSR count). The van der Waals surface area contributed by atoms with Crippen LogP contribution in [-0.4, -0.2) is 36.8 Å². The highest BCUT2D eigenvalue weighted by molar-refractivity contribution is 5.77. The SMILES string of the molecule is O=C(CO)N[C@@H]1CCNC1. The van der Waals surface area contributed by atoms with Gasteiger partial charge in [0.15, 0.2) is 0 Å². The first-order valence-electron chi connectivity index (χ1n) is 3.44. The molecular formula is C6H12N2O2. The molecule has 0 aromatic rings. The van der Waals surface area contributed by atoms with Crippen molar-refractivity contribution < 1.29 is 9.90 Å². The summed E-state index contributed by atoms with van der Waals surface area (Å²) in [6.07, 6.45) is 0.964. The predicted molar refractivity (Wildman–Crippen MR) is 36.5 cm³/mol. The van der Waals surface area contributed by atoms with E-state index in [1.807, 2.05) is 0 Å². The van der Waals surface area contributed by atoms with Crippen LogP contribution in [0.25, 0.3) is 0 Å². The molecular weight excluding hydrogens is 132 g/mol. The molecule has 0 spiro atoms. The molecule has 1 saturated heterocycles. The van der Waals surface area contributed by atoms with Gasteiger partial charge < -0.3 is 15.7 Å². The summed E-state index contributed by atoms with van der Waals surface area (Å²) in [5.74, 6) is -0.284. The second-order valence-corrected chi connectivity index (χ2v) is 2.42. The normalized spacial score (nSPS) is 24.7. The number of hydrogen-bond acceptors (Lipinski definition) is 3. The molecule has 0 aromatic carbocycles. The van der Waals surface area contributed by atoms with E-state index in [-0.39, 0.29) is 11.9 Å². The third-order valence-corrected chi connectivity index (χ3v) is 1.57. The minimum atomic E-state index is -0.406. The lowest BCUT2D eigenvalue weighted by Crippen LogP contribution is -2.37. The maximum absolute atomic E-state index is 10.6. The molecule has 1 aliphatic rings. The van der Waals surface area contributed by atoms with Crippen LogP contribution in [0.5, 0.6) is 0 Å². The number of nitrogens with one attached hydrogen (secondary N) is 2. The van der Waals surface area contributed by atoms with Gasteiger partial charge in [-0.05, 0) is 13.0 Å². The number of hydrogen-bond donors (Lipinski definition) is 3. The van der Waals surface area contributed by atoms with E-state index in [9.17, 15) is 4.79 Å². The van der Waals surface area contributed by atoms with Gasteiger partial charge in [0.2, 0.25) is 5.91 Å². The molecule has 1 heterocycles. The van der Waals surface area contributed by atoms with Crippen LogP contribution in [0.2, 0.25) is 0 Å². The topological polar surface area (TPSA) is 61.4 Å². The van der Waals surface area contributed by atoms with Gasteiger partial charge in [-0.25, -0.2) is 0 Å². The number of amides is 1. The average Bonchev–Trinajstić information content (AvgIpc) is 2.40. The molecule has 0 radical (unpaired) electrons. The summed E-state index contributed by atoms with van der Waals surface area (Å²) in [6, 6.07) is 0.222. The summed E-state index contributed by atoms with van der Waals surface area (Å²) >= 11 is 0. The van der Waals surface area contributed by atoms with Crippen molar-refractivity contribution >= 4 is 5.91 Å². The van der Waals surface area contributed by atoms with E-state index in [0.29, 0.717) is 0 Å². The van der Waals surface area contributed by atoms with Crippen LogP contribution in [0, 0.1) is 0 Å². The van der Waals surface area contributed by atoms with Crippen LogP contribution in [0.15, 0.2) is 0 Å². The van der Waals surface area contributed by atoms with Crippen LogP contribution in [0.1, 0.15) is 6.42 Å². The van der Waals surface area contributed by atoms with Crippen molar-refractivity contribution in [2.45, 2.75) is 12.5 Å². The zero-order valence-electron chi connectivity index (χ0n) is 5.76. The molecule has 4 nitrogen and oxygen atoms in total. The highest BCUT2D eigenvalue weighted by atomic mass is 16.3. The second kappa shape index (κ2) is 3.53. The van der Waals surface area contributed by atoms with Gasteiger partial charge in [0.05, 0.1) is 0 Å². The van der Waals surface area contributed by atoms with E-state index in [4.69, 9.17) is 5.11 Å². The highest BCUT2D eigenvalue weighted by Crippen LogP contribution is 1.95. The fraction of sp³-hybridized carbons (Fsp3) is 0.833. The lowest BCUT2D eigenvalue weighted by Gasteiger charge is -2.08. The number of aliphatic hydroxyl groups excluding tert-OH is 1. The largest absolute Gasteiger partial charge is 0.387 e. The van der Waals surface area contributed by atoms with Gasteiger partial charge in [-0.15, -0.1) is 0 Å². The summed E-state index contributed by atoms with van der Waals surface area (Å²) in [5.41, 5.74) is 0. The molecule has 3 N–H and O–H groups in total. The first kappa shape index (κ1) is 7.50. The fourth-order valence-corrected chi connectivity index (χ4v) is 1.05. The van der Waals surface area contributed by atoms with E-state index in [1.54, 1.807) is 0 Å². The van der Waals surface area contributed by atoms with Crippen LogP contribution >= 0.6 is 0 Å². The third-order valence-electron chi connectivity index (χ3n) is 1.57. The lowest BCUT2D eigenvalue weighted by molar-refractivity contribution is -0.124.